The fourth-order valence-corrected chi connectivity index (χ4v) is 2.33. The quantitative estimate of drug-likeness (QED) is 0.913. The van der Waals surface area contributed by atoms with Crippen molar-refractivity contribution in [3.63, 3.8) is 0 Å². The molecule has 1 aliphatic rings. The normalized spacial score (nSPS) is 17.0. The van der Waals surface area contributed by atoms with E-state index >= 15 is 0 Å². The highest BCUT2D eigenvalue weighted by atomic mass is 16.5. The largest absolute Gasteiger partial charge is 0.480 e. The number of aliphatic carboxylic acids is 1. The molecule has 0 radical (unpaired) electrons. The first-order chi connectivity index (χ1) is 9.86. The van der Waals surface area contributed by atoms with Crippen LogP contribution in [0.4, 0.5) is 5.82 Å². The highest BCUT2D eigenvalue weighted by Gasteiger charge is 2.22. The van der Waals surface area contributed by atoms with Crippen LogP contribution in [-0.4, -0.2) is 47.1 Å². The highest BCUT2D eigenvalue weighted by molar-refractivity contribution is 5.68. The molecule has 1 N–H and O–H groups in total. The molecule has 21 heavy (non-hydrogen) atoms. The van der Waals surface area contributed by atoms with Crippen LogP contribution in [0.5, 0.6) is 0 Å². The summed E-state index contributed by atoms with van der Waals surface area (Å²) in [4.78, 5) is 12.7. The zero-order chi connectivity index (χ0) is 15.5. The van der Waals surface area contributed by atoms with Gasteiger partial charge in [-0.15, -0.1) is 5.10 Å². The summed E-state index contributed by atoms with van der Waals surface area (Å²) in [7, 11) is 0. The number of carbonyl (C=O) groups is 1. The molecule has 0 unspecified atom stereocenters. The maximum atomic E-state index is 10.5. The number of aromatic nitrogens is 2. The molecule has 0 amide bonds. The van der Waals surface area contributed by atoms with Gasteiger partial charge in [0.15, 0.2) is 5.82 Å². The molecule has 0 aromatic carbocycles. The van der Waals surface area contributed by atoms with Crippen molar-refractivity contribution in [3.05, 3.63) is 17.8 Å². The van der Waals surface area contributed by atoms with Crippen molar-refractivity contribution in [3.8, 4) is 0 Å². The molecule has 1 aliphatic heterocycles. The van der Waals surface area contributed by atoms with Gasteiger partial charge in [-0.2, -0.15) is 5.10 Å². The summed E-state index contributed by atoms with van der Waals surface area (Å²) in [5.41, 5.74) is 0.981. The molecule has 6 nitrogen and oxygen atoms in total. The second-order valence-electron chi connectivity index (χ2n) is 6.42. The van der Waals surface area contributed by atoms with Crippen molar-refractivity contribution in [2.45, 2.75) is 45.1 Å². The number of piperidine rings is 1. The molecule has 1 aromatic rings. The van der Waals surface area contributed by atoms with Crippen LogP contribution in [0.2, 0.25) is 0 Å². The predicted octanol–water partition coefficient (Wildman–Crippen LogP) is 1.84. The average Bonchev–Trinajstić information content (AvgIpc) is 2.45. The number of carboxylic acids is 1. The van der Waals surface area contributed by atoms with E-state index in [-0.39, 0.29) is 18.1 Å². The molecule has 1 fully saturated rings. The van der Waals surface area contributed by atoms with Crippen molar-refractivity contribution in [1.82, 2.24) is 10.2 Å². The molecule has 0 aliphatic carbocycles. The van der Waals surface area contributed by atoms with Crippen LogP contribution in [0.3, 0.4) is 0 Å². The van der Waals surface area contributed by atoms with Gasteiger partial charge in [0.25, 0.3) is 0 Å². The van der Waals surface area contributed by atoms with E-state index in [1.165, 1.54) is 0 Å². The first-order valence-corrected chi connectivity index (χ1v) is 7.29. The van der Waals surface area contributed by atoms with Gasteiger partial charge in [0.05, 0.1) is 11.8 Å². The van der Waals surface area contributed by atoms with E-state index in [1.807, 2.05) is 12.1 Å². The molecule has 0 atom stereocenters. The van der Waals surface area contributed by atoms with Gasteiger partial charge in [0.1, 0.15) is 6.61 Å². The Bertz CT molecular complexity index is 474. The lowest BCUT2D eigenvalue weighted by Crippen LogP contribution is -2.38. The maximum absolute atomic E-state index is 10.5. The van der Waals surface area contributed by atoms with E-state index in [1.54, 1.807) is 0 Å². The molecule has 0 bridgehead atoms. The molecule has 1 saturated heterocycles. The Hall–Kier alpha value is -1.69. The van der Waals surface area contributed by atoms with Crippen molar-refractivity contribution >= 4 is 11.8 Å². The van der Waals surface area contributed by atoms with E-state index in [9.17, 15) is 4.79 Å². The van der Waals surface area contributed by atoms with Crippen LogP contribution in [0.25, 0.3) is 0 Å². The summed E-state index contributed by atoms with van der Waals surface area (Å²) in [5.74, 6) is -0.0410. The van der Waals surface area contributed by atoms with E-state index < -0.39 is 5.97 Å². The zero-order valence-corrected chi connectivity index (χ0v) is 12.9. The van der Waals surface area contributed by atoms with Gasteiger partial charge < -0.3 is 14.7 Å². The minimum Gasteiger partial charge on any atom is -0.480 e. The summed E-state index contributed by atoms with van der Waals surface area (Å²) in [6, 6.07) is 4.03. The van der Waals surface area contributed by atoms with Crippen LogP contribution >= 0.6 is 0 Å². The smallest absolute Gasteiger partial charge is 0.329 e. The molecule has 2 rings (SSSR count). The lowest BCUT2D eigenvalue weighted by molar-refractivity contribution is -0.144. The molecule has 2 heterocycles. The van der Waals surface area contributed by atoms with Gasteiger partial charge in [0, 0.05) is 18.5 Å². The molecule has 0 saturated carbocycles. The van der Waals surface area contributed by atoms with Crippen molar-refractivity contribution in [2.75, 3.05) is 24.6 Å². The Morgan fingerprint density at radius 3 is 2.48 bits per heavy atom. The lowest BCUT2D eigenvalue weighted by Gasteiger charge is -2.32. The number of hydrogen-bond acceptors (Lipinski definition) is 5. The summed E-state index contributed by atoms with van der Waals surface area (Å²) in [6.07, 6.45) is 1.66. The molecule has 6 heteroatoms. The average molecular weight is 293 g/mol. The number of nitrogens with zero attached hydrogens (tertiary/aromatic N) is 3. The van der Waals surface area contributed by atoms with Gasteiger partial charge >= 0.3 is 5.97 Å². The number of carboxylic acid groups (broad SMARTS) is 1. The van der Waals surface area contributed by atoms with Crippen LogP contribution in [0, 0.1) is 0 Å². The van der Waals surface area contributed by atoms with Gasteiger partial charge in [-0.3, -0.25) is 0 Å². The first kappa shape index (κ1) is 15.7. The van der Waals surface area contributed by atoms with Crippen molar-refractivity contribution < 1.29 is 14.6 Å². The third-order valence-corrected chi connectivity index (χ3v) is 3.63. The molecular formula is C15H23N3O3. The third kappa shape index (κ3) is 4.39. The van der Waals surface area contributed by atoms with E-state index in [2.05, 4.69) is 35.9 Å². The van der Waals surface area contributed by atoms with Crippen LogP contribution in [-0.2, 0) is 14.9 Å². The predicted molar refractivity (Wildman–Crippen MR) is 79.6 cm³/mol. The molecule has 0 spiro atoms. The van der Waals surface area contributed by atoms with E-state index in [0.717, 1.165) is 37.4 Å². The second kappa shape index (κ2) is 6.39. The SMILES string of the molecule is CC(C)(C)c1ccc(N2CCC(OCC(=O)O)CC2)nn1. The second-order valence-corrected chi connectivity index (χ2v) is 6.42. The monoisotopic (exact) mass is 293 g/mol. The van der Waals surface area contributed by atoms with Crippen LogP contribution in [0.15, 0.2) is 12.1 Å². The van der Waals surface area contributed by atoms with Gasteiger partial charge in [-0.25, -0.2) is 4.79 Å². The fraction of sp³-hybridized carbons (Fsp3) is 0.667. The Kier molecular flexibility index (Phi) is 4.77. The van der Waals surface area contributed by atoms with Crippen molar-refractivity contribution in [1.29, 1.82) is 0 Å². The van der Waals surface area contributed by atoms with Crippen LogP contribution in [0.1, 0.15) is 39.3 Å². The summed E-state index contributed by atoms with van der Waals surface area (Å²) >= 11 is 0. The topological polar surface area (TPSA) is 75.5 Å². The zero-order valence-electron chi connectivity index (χ0n) is 12.9. The Morgan fingerprint density at radius 2 is 2.00 bits per heavy atom. The lowest BCUT2D eigenvalue weighted by atomic mass is 9.92. The van der Waals surface area contributed by atoms with E-state index in [0.29, 0.717) is 0 Å². The third-order valence-electron chi connectivity index (χ3n) is 3.63. The van der Waals surface area contributed by atoms with E-state index in [4.69, 9.17) is 9.84 Å². The molecule has 1 aromatic heterocycles. The summed E-state index contributed by atoms with van der Waals surface area (Å²) in [5, 5.41) is 17.2. The molecular weight excluding hydrogens is 270 g/mol. The Labute approximate surface area is 125 Å². The highest BCUT2D eigenvalue weighted by Crippen LogP contribution is 2.23. The minimum atomic E-state index is -0.916. The molecule has 116 valence electrons. The van der Waals surface area contributed by atoms with Crippen LogP contribution < -0.4 is 4.90 Å². The number of rotatable bonds is 4. The van der Waals surface area contributed by atoms with Gasteiger partial charge in [-0.05, 0) is 25.0 Å². The maximum Gasteiger partial charge on any atom is 0.329 e. The fourth-order valence-electron chi connectivity index (χ4n) is 2.33. The van der Waals surface area contributed by atoms with Gasteiger partial charge in [0.2, 0.25) is 0 Å². The standard InChI is InChI=1S/C15H23N3O3/c1-15(2,3)12-4-5-13(17-16-12)18-8-6-11(7-9-18)21-10-14(19)20/h4-5,11H,6-10H2,1-3H3,(H,19,20). The Balaban J connectivity index is 1.89. The van der Waals surface area contributed by atoms with Gasteiger partial charge in [-0.1, -0.05) is 20.8 Å². The number of ether oxygens (including phenoxy) is 1. The number of anilines is 1. The van der Waals surface area contributed by atoms with Crippen molar-refractivity contribution in [2.24, 2.45) is 0 Å². The number of hydrogen-bond donors (Lipinski definition) is 1. The summed E-state index contributed by atoms with van der Waals surface area (Å²) < 4.78 is 5.33. The minimum absolute atomic E-state index is 0.00317. The first-order valence-electron chi connectivity index (χ1n) is 7.29. The summed E-state index contributed by atoms with van der Waals surface area (Å²) in [6.45, 7) is 7.75. The Morgan fingerprint density at radius 1 is 1.33 bits per heavy atom.